The lowest BCUT2D eigenvalue weighted by Crippen LogP contribution is -2.41. The number of nitrogens with two attached hydrogens (primary N) is 1. The number of hydrogen-bond donors (Lipinski definition) is 1. The van der Waals surface area contributed by atoms with Crippen LogP contribution in [0.4, 0.5) is 15.0 Å². The third-order valence-corrected chi connectivity index (χ3v) is 7.09. The molecule has 4 aromatic rings. The summed E-state index contributed by atoms with van der Waals surface area (Å²) in [5, 5.41) is 0. The molecule has 208 valence electrons. The van der Waals surface area contributed by atoms with Crippen LogP contribution < -0.4 is 10.5 Å². The van der Waals surface area contributed by atoms with Crippen molar-refractivity contribution in [3.05, 3.63) is 64.5 Å². The van der Waals surface area contributed by atoms with E-state index in [1.165, 1.54) is 18.5 Å². The molecule has 0 aliphatic carbocycles. The molecule has 4 heterocycles. The number of benzene rings is 1. The molecule has 5 rings (SSSR count). The lowest BCUT2D eigenvalue weighted by atomic mass is 9.94. The van der Waals surface area contributed by atoms with Crippen LogP contribution in [0.5, 0.6) is 11.8 Å². The molecule has 1 unspecified atom stereocenters. The van der Waals surface area contributed by atoms with Gasteiger partial charge in [-0.15, -0.1) is 0 Å². The van der Waals surface area contributed by atoms with Crippen LogP contribution in [0.2, 0.25) is 0 Å². The number of aryl methyl sites for hydroxylation is 1. The van der Waals surface area contributed by atoms with Crippen molar-refractivity contribution in [1.29, 1.82) is 0 Å². The molecule has 1 aromatic carbocycles. The number of carbonyl (C=O) groups is 1. The minimum atomic E-state index is -0.608. The SMILES string of the molecule is Cc1ccnc(Oc2ccc(-n3c(C4=CCN(C(=O)OC(C)(C)C)CC4C)c(Br)c4ncnc(N)c43)cc2F)n1. The quantitative estimate of drug-likeness (QED) is 0.296. The van der Waals surface area contributed by atoms with Crippen LogP contribution in [-0.4, -0.2) is 54.2 Å². The first-order chi connectivity index (χ1) is 18.9. The molecule has 1 amide bonds. The van der Waals surface area contributed by atoms with Crippen LogP contribution >= 0.6 is 15.9 Å². The summed E-state index contributed by atoms with van der Waals surface area (Å²) in [6.45, 7) is 10.1. The molecule has 1 aliphatic heterocycles. The Morgan fingerprint density at radius 3 is 2.65 bits per heavy atom. The molecule has 0 bridgehead atoms. The Hall–Kier alpha value is -4.06. The maximum absolute atomic E-state index is 15.4. The predicted octanol–water partition coefficient (Wildman–Crippen LogP) is 6.07. The Bertz CT molecular complexity index is 1650. The van der Waals surface area contributed by atoms with Crippen LogP contribution in [0, 0.1) is 18.7 Å². The Labute approximate surface area is 239 Å². The van der Waals surface area contributed by atoms with E-state index in [4.69, 9.17) is 15.2 Å². The van der Waals surface area contributed by atoms with Crippen LogP contribution in [0.1, 0.15) is 39.1 Å². The van der Waals surface area contributed by atoms with E-state index in [9.17, 15) is 4.79 Å². The average molecular weight is 610 g/mol. The van der Waals surface area contributed by atoms with Gasteiger partial charge in [0.2, 0.25) is 0 Å². The van der Waals surface area contributed by atoms with Crippen molar-refractivity contribution in [3.8, 4) is 17.4 Å². The first-order valence-corrected chi connectivity index (χ1v) is 13.5. The van der Waals surface area contributed by atoms with Gasteiger partial charge in [0.15, 0.2) is 17.4 Å². The highest BCUT2D eigenvalue weighted by Gasteiger charge is 2.31. The Morgan fingerprint density at radius 2 is 1.98 bits per heavy atom. The molecule has 0 saturated heterocycles. The topological polar surface area (TPSA) is 121 Å². The largest absolute Gasteiger partial charge is 0.444 e. The molecule has 0 spiro atoms. The second-order valence-corrected chi connectivity index (χ2v) is 11.4. The van der Waals surface area contributed by atoms with Crippen LogP contribution in [0.25, 0.3) is 22.3 Å². The minimum Gasteiger partial charge on any atom is -0.444 e. The van der Waals surface area contributed by atoms with Crippen molar-refractivity contribution in [2.75, 3.05) is 18.8 Å². The Morgan fingerprint density at radius 1 is 1.20 bits per heavy atom. The second kappa shape index (κ2) is 10.5. The van der Waals surface area contributed by atoms with E-state index in [2.05, 4.69) is 35.9 Å². The van der Waals surface area contributed by atoms with Gasteiger partial charge in [0, 0.05) is 42.7 Å². The highest BCUT2D eigenvalue weighted by molar-refractivity contribution is 9.10. The lowest BCUT2D eigenvalue weighted by Gasteiger charge is -2.33. The predicted molar refractivity (Wildman–Crippen MR) is 153 cm³/mol. The van der Waals surface area contributed by atoms with Gasteiger partial charge in [-0.3, -0.25) is 0 Å². The average Bonchev–Trinajstić information content (AvgIpc) is 3.17. The maximum atomic E-state index is 15.4. The summed E-state index contributed by atoms with van der Waals surface area (Å²) < 4.78 is 29.1. The third kappa shape index (κ3) is 5.35. The fourth-order valence-corrected chi connectivity index (χ4v) is 5.31. The molecule has 40 heavy (non-hydrogen) atoms. The number of amides is 1. The van der Waals surface area contributed by atoms with Crippen molar-refractivity contribution in [2.24, 2.45) is 5.92 Å². The highest BCUT2D eigenvalue weighted by Crippen LogP contribution is 2.42. The number of aromatic nitrogens is 5. The number of carbonyl (C=O) groups excluding carboxylic acids is 1. The van der Waals surface area contributed by atoms with Gasteiger partial charge in [0.05, 0.1) is 10.2 Å². The number of anilines is 1. The fraction of sp³-hybridized carbons (Fsp3) is 0.321. The zero-order valence-electron chi connectivity index (χ0n) is 22.8. The summed E-state index contributed by atoms with van der Waals surface area (Å²) in [5.74, 6) is -0.469. The number of nitrogen functional groups attached to an aromatic ring is 1. The van der Waals surface area contributed by atoms with Crippen LogP contribution in [0.3, 0.4) is 0 Å². The molecule has 0 saturated carbocycles. The first kappa shape index (κ1) is 27.5. The zero-order valence-corrected chi connectivity index (χ0v) is 24.4. The first-order valence-electron chi connectivity index (χ1n) is 12.7. The molecule has 12 heteroatoms. The van der Waals surface area contributed by atoms with Crippen molar-refractivity contribution in [3.63, 3.8) is 0 Å². The number of fused-ring (bicyclic) bond motifs is 1. The van der Waals surface area contributed by atoms with E-state index >= 15 is 4.39 Å². The number of rotatable bonds is 4. The van der Waals surface area contributed by atoms with Gasteiger partial charge < -0.3 is 24.7 Å². The zero-order chi connectivity index (χ0) is 28.8. The fourth-order valence-electron chi connectivity index (χ4n) is 4.61. The summed E-state index contributed by atoms with van der Waals surface area (Å²) in [5.41, 5.74) is 9.72. The molecule has 10 nitrogen and oxygen atoms in total. The van der Waals surface area contributed by atoms with E-state index in [0.717, 1.165) is 11.3 Å². The standard InChI is InChI=1S/C28H29BrFN7O3/c1-15-13-36(27(38)40-28(3,4)5)11-9-18(15)23-21(29)22-24(25(31)34-14-33-22)37(23)17-6-7-20(19(30)12-17)39-26-32-10-8-16(2)35-26/h6-10,12,14-15H,11,13H2,1-5H3,(H2,31,33,34). The molecule has 1 aliphatic rings. The maximum Gasteiger partial charge on any atom is 0.410 e. The van der Waals surface area contributed by atoms with E-state index in [1.54, 1.807) is 30.2 Å². The second-order valence-electron chi connectivity index (χ2n) is 10.6. The molecule has 1 atom stereocenters. The number of ether oxygens (including phenoxy) is 2. The van der Waals surface area contributed by atoms with Crippen LogP contribution in [0.15, 0.2) is 47.3 Å². The monoisotopic (exact) mass is 609 g/mol. The van der Waals surface area contributed by atoms with Crippen molar-refractivity contribution in [1.82, 2.24) is 29.4 Å². The van der Waals surface area contributed by atoms with Gasteiger partial charge in [-0.25, -0.2) is 29.1 Å². The summed E-state index contributed by atoms with van der Waals surface area (Å²) in [6, 6.07) is 6.37. The number of halogens is 2. The van der Waals surface area contributed by atoms with Crippen LogP contribution in [-0.2, 0) is 4.74 Å². The highest BCUT2D eigenvalue weighted by atomic mass is 79.9. The molecular formula is C28H29BrFN7O3. The van der Waals surface area contributed by atoms with E-state index in [-0.39, 0.29) is 29.6 Å². The summed E-state index contributed by atoms with van der Waals surface area (Å²) in [6.07, 6.45) is 4.53. The molecule has 2 N–H and O–H groups in total. The number of hydrogen-bond acceptors (Lipinski definition) is 8. The van der Waals surface area contributed by atoms with Crippen molar-refractivity contribution < 1.29 is 18.7 Å². The Kier molecular flexibility index (Phi) is 7.21. The van der Waals surface area contributed by atoms with Gasteiger partial charge in [-0.2, -0.15) is 0 Å². The summed E-state index contributed by atoms with van der Waals surface area (Å²) in [7, 11) is 0. The van der Waals surface area contributed by atoms with Gasteiger partial charge in [0.25, 0.3) is 0 Å². The third-order valence-electron chi connectivity index (χ3n) is 6.34. The minimum absolute atomic E-state index is 0.0195. The number of nitrogens with zero attached hydrogens (tertiary/aromatic N) is 6. The normalized spacial score (nSPS) is 15.7. The molecular weight excluding hydrogens is 581 g/mol. The van der Waals surface area contributed by atoms with Gasteiger partial charge in [-0.1, -0.05) is 13.0 Å². The van der Waals surface area contributed by atoms with Gasteiger partial charge in [0.1, 0.15) is 23.0 Å². The Balaban J connectivity index is 1.58. The smallest absolute Gasteiger partial charge is 0.410 e. The van der Waals surface area contributed by atoms with Gasteiger partial charge in [-0.05, 0) is 67.4 Å². The van der Waals surface area contributed by atoms with E-state index in [0.29, 0.717) is 40.0 Å². The molecule has 3 aromatic heterocycles. The van der Waals surface area contributed by atoms with Crippen molar-refractivity contribution >= 4 is 44.4 Å². The van der Waals surface area contributed by atoms with Crippen molar-refractivity contribution in [2.45, 2.75) is 40.2 Å². The van der Waals surface area contributed by atoms with E-state index in [1.807, 2.05) is 38.3 Å². The lowest BCUT2D eigenvalue weighted by molar-refractivity contribution is 0.0251. The van der Waals surface area contributed by atoms with Gasteiger partial charge >= 0.3 is 12.1 Å². The molecule has 0 radical (unpaired) electrons. The molecule has 0 fully saturated rings. The summed E-state index contributed by atoms with van der Waals surface area (Å²) >= 11 is 3.72. The van der Waals surface area contributed by atoms with E-state index < -0.39 is 11.4 Å². The summed E-state index contributed by atoms with van der Waals surface area (Å²) in [4.78, 5) is 31.2.